The molecule has 25 heavy (non-hydrogen) atoms. The van der Waals surface area contributed by atoms with Gasteiger partial charge in [-0.05, 0) is 24.3 Å². The number of hydrogen-bond acceptors (Lipinski definition) is 4. The normalized spacial score (nSPS) is 8.88. The number of rotatable bonds is 6. The summed E-state index contributed by atoms with van der Waals surface area (Å²) in [7, 11) is 0. The Labute approximate surface area is 184 Å². The minimum absolute atomic E-state index is 0. The maximum absolute atomic E-state index is 7.35. The standard InChI is InChI=1S/C15H16N4S2.C2H6.CH3.Y/c16-14(17)10-1-5-12(6-2-10)20-9-21-13-7-3-11(4-8-13)15(18)19;1-2;;/h1-8H,9H2,(H3,16,17)(H3,18,19);1-2H3;1H3;/q;;-1;. The Morgan fingerprint density at radius 2 is 1.04 bits per heavy atom. The van der Waals surface area contributed by atoms with Crippen LogP contribution in [0.5, 0.6) is 0 Å². The molecule has 133 valence electrons. The molecule has 0 aliphatic rings. The average Bonchev–Trinajstić information content (AvgIpc) is 2.57. The predicted octanol–water partition coefficient (Wildman–Crippen LogP) is 4.57. The third kappa shape index (κ3) is 9.45. The number of benzene rings is 2. The summed E-state index contributed by atoms with van der Waals surface area (Å²) < 4.78 is 0. The molecule has 0 fully saturated rings. The summed E-state index contributed by atoms with van der Waals surface area (Å²) in [6.07, 6.45) is 0. The van der Waals surface area contributed by atoms with Crippen LogP contribution in [-0.4, -0.2) is 16.8 Å². The fourth-order valence-electron chi connectivity index (χ4n) is 1.63. The van der Waals surface area contributed by atoms with Crippen LogP contribution in [0.15, 0.2) is 58.3 Å². The smallest absolute Gasteiger partial charge is 0.122 e. The number of hydrogen-bond donors (Lipinski definition) is 4. The molecule has 2 aromatic rings. The van der Waals surface area contributed by atoms with Crippen molar-refractivity contribution in [2.45, 2.75) is 23.6 Å². The van der Waals surface area contributed by atoms with E-state index < -0.39 is 0 Å². The molecule has 0 aromatic heterocycles. The zero-order valence-electron chi connectivity index (χ0n) is 14.9. The van der Waals surface area contributed by atoms with E-state index in [4.69, 9.17) is 22.3 Å². The zero-order valence-corrected chi connectivity index (χ0v) is 19.3. The van der Waals surface area contributed by atoms with Crippen molar-refractivity contribution in [1.82, 2.24) is 0 Å². The minimum Gasteiger partial charge on any atom is -0.384 e. The SMILES string of the molecule is CC.N=C(N)c1ccc(SCSc2ccc(C(=N)N)cc2)cc1.[CH3-].[Y]. The van der Waals surface area contributed by atoms with E-state index in [0.717, 1.165) is 26.0 Å². The summed E-state index contributed by atoms with van der Waals surface area (Å²) in [4.78, 5) is 2.29. The van der Waals surface area contributed by atoms with Gasteiger partial charge in [-0.3, -0.25) is 10.8 Å². The summed E-state index contributed by atoms with van der Waals surface area (Å²) in [6.45, 7) is 4.00. The zero-order chi connectivity index (χ0) is 17.2. The van der Waals surface area contributed by atoms with E-state index >= 15 is 0 Å². The molecular formula is C18H25N4S2Y-. The van der Waals surface area contributed by atoms with Crippen molar-refractivity contribution in [2.75, 3.05) is 5.08 Å². The third-order valence-electron chi connectivity index (χ3n) is 2.78. The van der Waals surface area contributed by atoms with Crippen molar-refractivity contribution in [1.29, 1.82) is 10.8 Å². The Balaban J connectivity index is 0. The molecular weight excluding hydrogens is 425 g/mol. The molecule has 0 spiro atoms. The van der Waals surface area contributed by atoms with Crippen molar-refractivity contribution in [3.63, 3.8) is 0 Å². The summed E-state index contributed by atoms with van der Waals surface area (Å²) >= 11 is 3.46. The van der Waals surface area contributed by atoms with Gasteiger partial charge in [0.1, 0.15) is 11.7 Å². The number of nitrogen functional groups attached to an aromatic ring is 2. The first-order valence-corrected chi connectivity index (χ1v) is 9.18. The molecule has 0 unspecified atom stereocenters. The Kier molecular flexibility index (Phi) is 15.2. The van der Waals surface area contributed by atoms with Crippen LogP contribution in [0, 0.1) is 18.2 Å². The van der Waals surface area contributed by atoms with Gasteiger partial charge in [0.25, 0.3) is 0 Å². The predicted molar refractivity (Wildman–Crippen MR) is 109 cm³/mol. The van der Waals surface area contributed by atoms with Crippen molar-refractivity contribution in [2.24, 2.45) is 11.5 Å². The summed E-state index contributed by atoms with van der Waals surface area (Å²) in [6, 6.07) is 15.3. The third-order valence-corrected chi connectivity index (χ3v) is 4.94. The second-order valence-corrected chi connectivity index (χ2v) is 6.75. The number of nitrogens with one attached hydrogen (secondary N) is 2. The van der Waals surface area contributed by atoms with E-state index in [2.05, 4.69) is 0 Å². The van der Waals surface area contributed by atoms with Gasteiger partial charge in [0, 0.05) is 58.7 Å². The van der Waals surface area contributed by atoms with Crippen molar-refractivity contribution < 1.29 is 32.7 Å². The van der Waals surface area contributed by atoms with Gasteiger partial charge in [-0.25, -0.2) is 0 Å². The molecule has 0 amide bonds. The first kappa shape index (κ1) is 26.4. The van der Waals surface area contributed by atoms with Crippen molar-refractivity contribution >= 4 is 35.2 Å². The topological polar surface area (TPSA) is 99.7 Å². The summed E-state index contributed by atoms with van der Waals surface area (Å²) in [5.74, 6) is 0.179. The molecule has 0 bridgehead atoms. The maximum Gasteiger partial charge on any atom is 0.122 e. The van der Waals surface area contributed by atoms with Crippen LogP contribution in [0.4, 0.5) is 0 Å². The van der Waals surface area contributed by atoms with Crippen LogP contribution in [0.2, 0.25) is 0 Å². The van der Waals surface area contributed by atoms with Crippen molar-refractivity contribution in [3.05, 3.63) is 67.1 Å². The average molecular weight is 450 g/mol. The quantitative estimate of drug-likeness (QED) is 0.170. The molecule has 7 heteroatoms. The maximum atomic E-state index is 7.35. The second kappa shape index (κ2) is 14.4. The summed E-state index contributed by atoms with van der Waals surface area (Å²) in [5, 5.41) is 15.6. The molecule has 2 rings (SSSR count). The first-order valence-electron chi connectivity index (χ1n) is 7.21. The van der Waals surface area contributed by atoms with Crippen molar-refractivity contribution in [3.8, 4) is 0 Å². The van der Waals surface area contributed by atoms with E-state index in [1.165, 1.54) is 0 Å². The van der Waals surface area contributed by atoms with Gasteiger partial charge in [0.15, 0.2) is 0 Å². The molecule has 0 saturated heterocycles. The fraction of sp³-hybridized carbons (Fsp3) is 0.167. The summed E-state index contributed by atoms with van der Waals surface area (Å²) in [5.41, 5.74) is 12.3. The van der Waals surface area contributed by atoms with Gasteiger partial charge in [-0.2, -0.15) is 0 Å². The van der Waals surface area contributed by atoms with E-state index in [0.29, 0.717) is 0 Å². The van der Waals surface area contributed by atoms with Crippen LogP contribution in [0.25, 0.3) is 0 Å². The van der Waals surface area contributed by atoms with Crippen LogP contribution in [0.3, 0.4) is 0 Å². The molecule has 0 heterocycles. The number of nitrogens with two attached hydrogens (primary N) is 2. The van der Waals surface area contributed by atoms with Gasteiger partial charge < -0.3 is 18.9 Å². The molecule has 0 aliphatic heterocycles. The second-order valence-electron chi connectivity index (χ2n) is 4.28. The largest absolute Gasteiger partial charge is 0.384 e. The fourth-order valence-corrected chi connectivity index (χ4v) is 3.61. The van der Waals surface area contributed by atoms with Gasteiger partial charge in [-0.1, -0.05) is 38.1 Å². The van der Waals surface area contributed by atoms with Crippen LogP contribution in [0.1, 0.15) is 25.0 Å². The molecule has 4 nitrogen and oxygen atoms in total. The Morgan fingerprint density at radius 3 is 1.28 bits per heavy atom. The van der Waals surface area contributed by atoms with Gasteiger partial charge in [0.05, 0.1) is 0 Å². The molecule has 6 N–H and O–H groups in total. The Bertz CT molecular complexity index is 586. The number of amidine groups is 2. The molecule has 1 radical (unpaired) electrons. The molecule has 0 aliphatic carbocycles. The van der Waals surface area contributed by atoms with E-state index in [1.807, 2.05) is 62.4 Å². The number of thioether (sulfide) groups is 2. The van der Waals surface area contributed by atoms with Gasteiger partial charge in [-0.15, -0.1) is 23.5 Å². The van der Waals surface area contributed by atoms with Crippen LogP contribution in [-0.2, 0) is 32.7 Å². The van der Waals surface area contributed by atoms with Crippen LogP contribution >= 0.6 is 23.5 Å². The molecule has 0 saturated carbocycles. The van der Waals surface area contributed by atoms with Gasteiger partial charge in [0.2, 0.25) is 0 Å². The monoisotopic (exact) mass is 450 g/mol. The van der Waals surface area contributed by atoms with Gasteiger partial charge >= 0.3 is 0 Å². The Morgan fingerprint density at radius 1 is 0.760 bits per heavy atom. The van der Waals surface area contributed by atoms with Crippen LogP contribution < -0.4 is 11.5 Å². The Hall–Kier alpha value is -0.816. The molecule has 2 aromatic carbocycles. The molecule has 0 atom stereocenters. The minimum atomic E-state index is 0. The first-order chi connectivity index (χ1) is 11.1. The van der Waals surface area contributed by atoms with E-state index in [1.54, 1.807) is 23.5 Å². The van der Waals surface area contributed by atoms with E-state index in [-0.39, 0.29) is 51.8 Å². The van der Waals surface area contributed by atoms with E-state index in [9.17, 15) is 0 Å².